The molecule has 0 saturated carbocycles. The van der Waals surface area contributed by atoms with Gasteiger partial charge in [-0.15, -0.1) is 0 Å². The number of nitrogens with two attached hydrogens (primary N) is 1. The molecule has 1 aliphatic rings. The normalized spacial score (nSPS) is 14.1. The highest BCUT2D eigenvalue weighted by Crippen LogP contribution is 2.36. The first kappa shape index (κ1) is 10.8. The Bertz CT molecular complexity index is 651. The van der Waals surface area contributed by atoms with Gasteiger partial charge in [0.2, 0.25) is 11.8 Å². The Labute approximate surface area is 102 Å². The van der Waals surface area contributed by atoms with E-state index in [0.717, 1.165) is 0 Å². The van der Waals surface area contributed by atoms with Crippen molar-refractivity contribution in [3.63, 3.8) is 0 Å². The highest BCUT2D eigenvalue weighted by atomic mass is 19.1. The summed E-state index contributed by atoms with van der Waals surface area (Å²) in [6.45, 7) is 0. The smallest absolute Gasteiger partial charge is 0.231 e. The van der Waals surface area contributed by atoms with Gasteiger partial charge < -0.3 is 15.2 Å². The Balaban J connectivity index is 2.18. The molecule has 0 fully saturated rings. The molecule has 0 spiro atoms. The van der Waals surface area contributed by atoms with E-state index >= 15 is 0 Å². The first-order chi connectivity index (χ1) is 8.58. The number of likely N-dealkylation sites (N-methyl/N-ethyl adjacent to an activating group) is 1. The second-order valence-corrected chi connectivity index (χ2v) is 4.20. The van der Waals surface area contributed by atoms with Gasteiger partial charge in [0.25, 0.3) is 0 Å². The standard InChI is InChI=1S/C12H10FN3O2/c1-16-10(17)4-7-2-6(3-9(13)11(7)16)8-5-15-18-12(8)14/h2-3,5H,4,14H2,1H3. The number of nitrogens with zero attached hydrogens (tertiary/aromatic N) is 2. The topological polar surface area (TPSA) is 72.4 Å². The fourth-order valence-corrected chi connectivity index (χ4v) is 2.19. The van der Waals surface area contributed by atoms with Crippen LogP contribution in [-0.4, -0.2) is 18.1 Å². The Morgan fingerprint density at radius 3 is 2.94 bits per heavy atom. The summed E-state index contributed by atoms with van der Waals surface area (Å²) >= 11 is 0. The van der Waals surface area contributed by atoms with E-state index in [1.165, 1.54) is 17.2 Å². The minimum atomic E-state index is -0.448. The van der Waals surface area contributed by atoms with E-state index in [4.69, 9.17) is 10.3 Å². The summed E-state index contributed by atoms with van der Waals surface area (Å²) in [4.78, 5) is 12.9. The minimum Gasteiger partial charge on any atom is -0.367 e. The Hall–Kier alpha value is -2.37. The van der Waals surface area contributed by atoms with Crippen molar-refractivity contribution >= 4 is 17.5 Å². The first-order valence-corrected chi connectivity index (χ1v) is 5.37. The third-order valence-electron chi connectivity index (χ3n) is 3.10. The van der Waals surface area contributed by atoms with Gasteiger partial charge in [-0.2, -0.15) is 0 Å². The van der Waals surface area contributed by atoms with Crippen LogP contribution in [0.25, 0.3) is 11.1 Å². The van der Waals surface area contributed by atoms with Crippen LogP contribution in [0.1, 0.15) is 5.56 Å². The van der Waals surface area contributed by atoms with E-state index in [0.29, 0.717) is 22.4 Å². The van der Waals surface area contributed by atoms with Crippen LogP contribution < -0.4 is 10.6 Å². The van der Waals surface area contributed by atoms with E-state index in [1.807, 2.05) is 0 Å². The molecule has 2 N–H and O–H groups in total. The average Bonchev–Trinajstić information content (AvgIpc) is 2.84. The number of aromatic nitrogens is 1. The number of benzene rings is 1. The highest BCUT2D eigenvalue weighted by Gasteiger charge is 2.28. The molecule has 1 aromatic carbocycles. The third-order valence-corrected chi connectivity index (χ3v) is 3.10. The molecule has 6 heteroatoms. The molecule has 92 valence electrons. The van der Waals surface area contributed by atoms with Gasteiger partial charge in [-0.1, -0.05) is 5.16 Å². The zero-order chi connectivity index (χ0) is 12.9. The van der Waals surface area contributed by atoms with Crippen molar-refractivity contribution in [1.29, 1.82) is 0 Å². The predicted octanol–water partition coefficient (Wildman–Crippen LogP) is 1.58. The Morgan fingerprint density at radius 2 is 2.28 bits per heavy atom. The number of hydrogen-bond donors (Lipinski definition) is 1. The lowest BCUT2D eigenvalue weighted by atomic mass is 10.0. The summed E-state index contributed by atoms with van der Waals surface area (Å²) in [6, 6.07) is 3.07. The molecule has 0 radical (unpaired) electrons. The van der Waals surface area contributed by atoms with Gasteiger partial charge in [-0.25, -0.2) is 4.39 Å². The molecule has 0 unspecified atom stereocenters. The summed E-state index contributed by atoms with van der Waals surface area (Å²) in [5, 5.41) is 3.55. The number of anilines is 2. The van der Waals surface area contributed by atoms with Crippen LogP contribution in [0.2, 0.25) is 0 Å². The molecule has 3 rings (SSSR count). The number of halogens is 1. The van der Waals surface area contributed by atoms with Gasteiger partial charge in [0, 0.05) is 7.05 Å². The van der Waals surface area contributed by atoms with E-state index in [1.54, 1.807) is 13.1 Å². The van der Waals surface area contributed by atoms with Crippen molar-refractivity contribution < 1.29 is 13.7 Å². The number of carbonyl (C=O) groups excluding carboxylic acids is 1. The molecular formula is C12H10FN3O2. The van der Waals surface area contributed by atoms with E-state index in [-0.39, 0.29) is 18.2 Å². The van der Waals surface area contributed by atoms with E-state index in [9.17, 15) is 9.18 Å². The molecular weight excluding hydrogens is 237 g/mol. The summed E-state index contributed by atoms with van der Waals surface area (Å²) in [7, 11) is 1.56. The number of amides is 1. The molecule has 1 aromatic heterocycles. The van der Waals surface area contributed by atoms with E-state index < -0.39 is 5.82 Å². The number of nitrogen functional groups attached to an aromatic ring is 1. The van der Waals surface area contributed by atoms with Crippen LogP contribution in [0.15, 0.2) is 22.9 Å². The largest absolute Gasteiger partial charge is 0.367 e. The lowest BCUT2D eigenvalue weighted by molar-refractivity contribution is -0.117. The second-order valence-electron chi connectivity index (χ2n) is 4.20. The predicted molar refractivity (Wildman–Crippen MR) is 63.4 cm³/mol. The van der Waals surface area contributed by atoms with Crippen molar-refractivity contribution in [3.05, 3.63) is 29.7 Å². The average molecular weight is 247 g/mol. The zero-order valence-electron chi connectivity index (χ0n) is 9.61. The Morgan fingerprint density at radius 1 is 1.50 bits per heavy atom. The maximum atomic E-state index is 14.0. The van der Waals surface area contributed by atoms with Crippen LogP contribution in [0.3, 0.4) is 0 Å². The van der Waals surface area contributed by atoms with Crippen molar-refractivity contribution in [2.75, 3.05) is 17.7 Å². The monoisotopic (exact) mass is 247 g/mol. The molecule has 0 aliphatic carbocycles. The number of carbonyl (C=O) groups is 1. The fourth-order valence-electron chi connectivity index (χ4n) is 2.19. The summed E-state index contributed by atoms with van der Waals surface area (Å²) in [6.07, 6.45) is 1.62. The molecule has 1 amide bonds. The van der Waals surface area contributed by atoms with Crippen molar-refractivity contribution in [3.8, 4) is 11.1 Å². The maximum absolute atomic E-state index is 14.0. The van der Waals surface area contributed by atoms with Crippen molar-refractivity contribution in [1.82, 2.24) is 5.16 Å². The summed E-state index contributed by atoms with van der Waals surface area (Å²) in [5.41, 5.74) is 7.67. The molecule has 2 aromatic rings. The molecule has 2 heterocycles. The van der Waals surface area contributed by atoms with Crippen LogP contribution in [0.4, 0.5) is 16.0 Å². The zero-order valence-corrected chi connectivity index (χ0v) is 9.61. The first-order valence-electron chi connectivity index (χ1n) is 5.37. The molecule has 0 atom stereocenters. The Kier molecular flexibility index (Phi) is 2.13. The number of rotatable bonds is 1. The summed E-state index contributed by atoms with van der Waals surface area (Å²) < 4.78 is 18.8. The highest BCUT2D eigenvalue weighted by molar-refractivity contribution is 6.01. The number of fused-ring (bicyclic) bond motifs is 1. The second kappa shape index (κ2) is 3.56. The van der Waals surface area contributed by atoms with Gasteiger partial charge in [0.15, 0.2) is 0 Å². The summed E-state index contributed by atoms with van der Waals surface area (Å²) in [5.74, 6) is -0.442. The third kappa shape index (κ3) is 1.38. The molecule has 1 aliphatic heterocycles. The van der Waals surface area contributed by atoms with Crippen LogP contribution in [0, 0.1) is 5.82 Å². The van der Waals surface area contributed by atoms with Crippen LogP contribution in [-0.2, 0) is 11.2 Å². The molecule has 18 heavy (non-hydrogen) atoms. The van der Waals surface area contributed by atoms with Crippen LogP contribution in [0.5, 0.6) is 0 Å². The van der Waals surface area contributed by atoms with Gasteiger partial charge >= 0.3 is 0 Å². The van der Waals surface area contributed by atoms with Gasteiger partial charge in [0.05, 0.1) is 23.9 Å². The molecule has 0 bridgehead atoms. The molecule has 5 nitrogen and oxygen atoms in total. The molecule has 0 saturated heterocycles. The maximum Gasteiger partial charge on any atom is 0.231 e. The van der Waals surface area contributed by atoms with Gasteiger partial charge in [-0.3, -0.25) is 4.79 Å². The minimum absolute atomic E-state index is 0.126. The quantitative estimate of drug-likeness (QED) is 0.830. The lowest BCUT2D eigenvalue weighted by Crippen LogP contribution is -2.21. The van der Waals surface area contributed by atoms with Crippen molar-refractivity contribution in [2.45, 2.75) is 6.42 Å². The van der Waals surface area contributed by atoms with Gasteiger partial charge in [-0.05, 0) is 23.3 Å². The SMILES string of the molecule is CN1C(=O)Cc2cc(-c3cnoc3N)cc(F)c21. The van der Waals surface area contributed by atoms with E-state index in [2.05, 4.69) is 5.16 Å². The van der Waals surface area contributed by atoms with Crippen molar-refractivity contribution in [2.24, 2.45) is 0 Å². The van der Waals surface area contributed by atoms with Gasteiger partial charge in [0.1, 0.15) is 5.82 Å². The fraction of sp³-hybridized carbons (Fsp3) is 0.167. The number of hydrogen-bond acceptors (Lipinski definition) is 4. The lowest BCUT2D eigenvalue weighted by Gasteiger charge is -2.11. The van der Waals surface area contributed by atoms with Crippen LogP contribution >= 0.6 is 0 Å².